The minimum Gasteiger partial charge on any atom is -0.306 e. The Labute approximate surface area is 121 Å². The first kappa shape index (κ1) is 13.1. The molecular formula is C15H12N4O2. The van der Waals surface area contributed by atoms with Crippen LogP contribution >= 0.6 is 0 Å². The Morgan fingerprint density at radius 3 is 2.33 bits per heavy atom. The second-order valence-electron chi connectivity index (χ2n) is 4.70. The van der Waals surface area contributed by atoms with Crippen LogP contribution in [0.25, 0.3) is 0 Å². The first-order chi connectivity index (χ1) is 10.1. The summed E-state index contributed by atoms with van der Waals surface area (Å²) in [7, 11) is 0. The summed E-state index contributed by atoms with van der Waals surface area (Å²) in [6.07, 6.45) is 3.04. The summed E-state index contributed by atoms with van der Waals surface area (Å²) in [4.78, 5) is 36.2. The number of aliphatic imine (C=N–C) groups is 1. The predicted octanol–water partition coefficient (Wildman–Crippen LogP) is 0.972. The van der Waals surface area contributed by atoms with E-state index in [0.717, 1.165) is 5.56 Å². The molecule has 104 valence electrons. The minimum absolute atomic E-state index is 0.0916. The largest absolute Gasteiger partial charge is 0.306 e. The number of nitrogens with zero attached hydrogens (tertiary/aromatic N) is 3. The van der Waals surface area contributed by atoms with E-state index in [9.17, 15) is 9.59 Å². The van der Waals surface area contributed by atoms with Crippen molar-refractivity contribution in [3.8, 4) is 0 Å². The molecule has 21 heavy (non-hydrogen) atoms. The maximum atomic E-state index is 12.2. The SMILES string of the molecule is Cc1ccc([C@H]2C(=O)N=C(c3ncccn3)NC2=O)cc1. The highest BCUT2D eigenvalue weighted by molar-refractivity contribution is 6.22. The fourth-order valence-electron chi connectivity index (χ4n) is 2.08. The van der Waals surface area contributed by atoms with Gasteiger partial charge in [-0.15, -0.1) is 0 Å². The lowest BCUT2D eigenvalue weighted by atomic mass is 9.95. The topological polar surface area (TPSA) is 84.3 Å². The molecule has 0 aliphatic carbocycles. The average Bonchev–Trinajstić information content (AvgIpc) is 2.49. The zero-order valence-corrected chi connectivity index (χ0v) is 11.3. The van der Waals surface area contributed by atoms with E-state index in [4.69, 9.17) is 0 Å². The van der Waals surface area contributed by atoms with E-state index in [2.05, 4.69) is 20.3 Å². The second-order valence-corrected chi connectivity index (χ2v) is 4.70. The Kier molecular flexibility index (Phi) is 3.27. The summed E-state index contributed by atoms with van der Waals surface area (Å²) in [6, 6.07) is 8.88. The van der Waals surface area contributed by atoms with E-state index in [0.29, 0.717) is 5.56 Å². The molecule has 1 aliphatic heterocycles. The standard InChI is InChI=1S/C15H12N4O2/c1-9-3-5-10(6-4-9)11-14(20)18-13(19-15(11)21)12-16-7-2-8-17-12/h2-8,11H,1H3,(H,18,19,20,21). The average molecular weight is 280 g/mol. The Morgan fingerprint density at radius 1 is 1.05 bits per heavy atom. The smallest absolute Gasteiger partial charge is 0.264 e. The second kappa shape index (κ2) is 5.24. The molecule has 1 N–H and O–H groups in total. The molecule has 0 unspecified atom stereocenters. The van der Waals surface area contributed by atoms with Crippen LogP contribution in [0.3, 0.4) is 0 Å². The van der Waals surface area contributed by atoms with Crippen LogP contribution < -0.4 is 5.32 Å². The highest BCUT2D eigenvalue weighted by Crippen LogP contribution is 2.21. The number of benzene rings is 1. The van der Waals surface area contributed by atoms with Crippen molar-refractivity contribution in [3.63, 3.8) is 0 Å². The minimum atomic E-state index is -0.918. The Hall–Kier alpha value is -2.89. The van der Waals surface area contributed by atoms with Crippen molar-refractivity contribution >= 4 is 17.6 Å². The number of amidine groups is 1. The molecular weight excluding hydrogens is 268 g/mol. The Morgan fingerprint density at radius 2 is 1.71 bits per heavy atom. The van der Waals surface area contributed by atoms with Crippen LogP contribution in [0.1, 0.15) is 22.9 Å². The van der Waals surface area contributed by atoms with Gasteiger partial charge in [0.25, 0.3) is 5.91 Å². The van der Waals surface area contributed by atoms with Gasteiger partial charge in [-0.05, 0) is 18.6 Å². The van der Waals surface area contributed by atoms with Crippen molar-refractivity contribution in [2.24, 2.45) is 4.99 Å². The summed E-state index contributed by atoms with van der Waals surface area (Å²) in [6.45, 7) is 1.94. The fourth-order valence-corrected chi connectivity index (χ4v) is 2.08. The molecule has 2 aromatic rings. The van der Waals surface area contributed by atoms with Crippen molar-refractivity contribution in [2.45, 2.75) is 12.8 Å². The van der Waals surface area contributed by atoms with Crippen molar-refractivity contribution in [1.29, 1.82) is 0 Å². The first-order valence-corrected chi connectivity index (χ1v) is 6.42. The lowest BCUT2D eigenvalue weighted by molar-refractivity contribution is -0.129. The molecule has 0 spiro atoms. The van der Waals surface area contributed by atoms with Gasteiger partial charge >= 0.3 is 0 Å². The monoisotopic (exact) mass is 280 g/mol. The van der Waals surface area contributed by atoms with Crippen molar-refractivity contribution in [3.05, 3.63) is 59.7 Å². The van der Waals surface area contributed by atoms with Gasteiger partial charge < -0.3 is 5.32 Å². The Bertz CT molecular complexity index is 723. The van der Waals surface area contributed by atoms with Crippen molar-refractivity contribution in [2.75, 3.05) is 0 Å². The summed E-state index contributed by atoms with van der Waals surface area (Å²) >= 11 is 0. The molecule has 0 radical (unpaired) electrons. The maximum Gasteiger partial charge on any atom is 0.264 e. The van der Waals surface area contributed by atoms with Crippen LogP contribution in [-0.2, 0) is 9.59 Å². The molecule has 6 nitrogen and oxygen atoms in total. The number of hydrogen-bond acceptors (Lipinski definition) is 4. The zero-order chi connectivity index (χ0) is 14.8. The summed E-state index contributed by atoms with van der Waals surface area (Å²) in [5.41, 5.74) is 1.68. The molecule has 0 saturated carbocycles. The third-order valence-corrected chi connectivity index (χ3v) is 3.16. The number of rotatable bonds is 2. The van der Waals surface area contributed by atoms with Gasteiger partial charge in [0.15, 0.2) is 11.7 Å². The number of aromatic nitrogens is 2. The highest BCUT2D eigenvalue weighted by atomic mass is 16.2. The molecule has 2 heterocycles. The van der Waals surface area contributed by atoms with E-state index in [-0.39, 0.29) is 11.7 Å². The van der Waals surface area contributed by atoms with Crippen LogP contribution in [-0.4, -0.2) is 27.6 Å². The number of nitrogens with one attached hydrogen (secondary N) is 1. The molecule has 0 saturated heterocycles. The van der Waals surface area contributed by atoms with E-state index in [1.54, 1.807) is 18.2 Å². The molecule has 3 rings (SSSR count). The summed E-state index contributed by atoms with van der Waals surface area (Å²) in [5, 5.41) is 2.59. The van der Waals surface area contributed by atoms with Gasteiger partial charge in [0, 0.05) is 12.4 Å². The third-order valence-electron chi connectivity index (χ3n) is 3.16. The molecule has 2 amide bonds. The Balaban J connectivity index is 1.94. The number of aryl methyl sites for hydroxylation is 1. The van der Waals surface area contributed by atoms with Crippen LogP contribution in [0.4, 0.5) is 0 Å². The van der Waals surface area contributed by atoms with Gasteiger partial charge in [-0.1, -0.05) is 29.8 Å². The molecule has 1 atom stereocenters. The predicted molar refractivity (Wildman–Crippen MR) is 75.6 cm³/mol. The van der Waals surface area contributed by atoms with E-state index < -0.39 is 17.7 Å². The van der Waals surface area contributed by atoms with Gasteiger partial charge in [0.1, 0.15) is 5.92 Å². The zero-order valence-electron chi connectivity index (χ0n) is 11.3. The molecule has 0 bridgehead atoms. The lowest BCUT2D eigenvalue weighted by Crippen LogP contribution is -2.43. The fraction of sp³-hybridized carbons (Fsp3) is 0.133. The van der Waals surface area contributed by atoms with E-state index in [1.165, 1.54) is 12.4 Å². The highest BCUT2D eigenvalue weighted by Gasteiger charge is 2.34. The van der Waals surface area contributed by atoms with Gasteiger partial charge in [-0.25, -0.2) is 9.97 Å². The first-order valence-electron chi connectivity index (χ1n) is 6.42. The molecule has 1 aromatic carbocycles. The van der Waals surface area contributed by atoms with Gasteiger partial charge in [0.05, 0.1) is 0 Å². The summed E-state index contributed by atoms with van der Waals surface area (Å²) in [5.74, 6) is -1.53. The summed E-state index contributed by atoms with van der Waals surface area (Å²) < 4.78 is 0. The van der Waals surface area contributed by atoms with Gasteiger partial charge in [-0.3, -0.25) is 9.59 Å². The number of amides is 2. The quantitative estimate of drug-likeness (QED) is 0.831. The normalized spacial score (nSPS) is 18.1. The van der Waals surface area contributed by atoms with Gasteiger partial charge in [-0.2, -0.15) is 4.99 Å². The van der Waals surface area contributed by atoms with Crippen LogP contribution in [0.5, 0.6) is 0 Å². The molecule has 0 fully saturated rings. The van der Waals surface area contributed by atoms with E-state index in [1.807, 2.05) is 19.1 Å². The van der Waals surface area contributed by atoms with Crippen LogP contribution in [0.15, 0.2) is 47.7 Å². The maximum absolute atomic E-state index is 12.2. The molecule has 6 heteroatoms. The number of hydrogen-bond donors (Lipinski definition) is 1. The van der Waals surface area contributed by atoms with Crippen LogP contribution in [0.2, 0.25) is 0 Å². The van der Waals surface area contributed by atoms with Crippen molar-refractivity contribution in [1.82, 2.24) is 15.3 Å². The number of carbonyl (C=O) groups excluding carboxylic acids is 2. The van der Waals surface area contributed by atoms with Crippen molar-refractivity contribution < 1.29 is 9.59 Å². The van der Waals surface area contributed by atoms with E-state index >= 15 is 0 Å². The van der Waals surface area contributed by atoms with Gasteiger partial charge in [0.2, 0.25) is 5.91 Å². The van der Waals surface area contributed by atoms with Crippen LogP contribution in [0, 0.1) is 6.92 Å². The molecule has 1 aromatic heterocycles. The third kappa shape index (κ3) is 2.55. The molecule has 1 aliphatic rings. The lowest BCUT2D eigenvalue weighted by Gasteiger charge is -2.19. The number of carbonyl (C=O) groups is 2.